The van der Waals surface area contributed by atoms with Crippen LogP contribution in [-0.2, 0) is 31.2 Å². The van der Waals surface area contributed by atoms with Crippen LogP contribution in [0.1, 0.15) is 17.1 Å². The Bertz CT molecular complexity index is 1820. The molecule has 1 fully saturated rings. The zero-order valence-corrected chi connectivity index (χ0v) is 25.5. The normalized spacial score (nSPS) is 16.4. The molecule has 2 aromatic carbocycles. The summed E-state index contributed by atoms with van der Waals surface area (Å²) in [5.41, 5.74) is 2.48. The molecular formula is C32H31ClF2N8O2. The molecule has 4 heterocycles. The maximum Gasteiger partial charge on any atom is 0.318 e. The minimum Gasteiger partial charge on any atom is -0.463 e. The molecule has 0 saturated carbocycles. The van der Waals surface area contributed by atoms with Crippen LogP contribution in [0.15, 0.2) is 55.1 Å². The third kappa shape index (κ3) is 6.00. The number of piperazine rings is 1. The van der Waals surface area contributed by atoms with Crippen molar-refractivity contribution in [1.82, 2.24) is 24.4 Å². The highest BCUT2D eigenvalue weighted by molar-refractivity contribution is 6.36. The zero-order valence-electron chi connectivity index (χ0n) is 24.7. The van der Waals surface area contributed by atoms with Crippen molar-refractivity contribution >= 4 is 39.8 Å². The summed E-state index contributed by atoms with van der Waals surface area (Å²) < 4.78 is 36.3. The Balaban J connectivity index is 1.34. The van der Waals surface area contributed by atoms with Crippen LogP contribution in [0.25, 0.3) is 15.6 Å². The van der Waals surface area contributed by atoms with Crippen LogP contribution in [0.4, 0.5) is 20.3 Å². The fraction of sp³-hybridized carbons (Fsp3) is 0.344. The summed E-state index contributed by atoms with van der Waals surface area (Å²) in [5, 5.41) is 1.55. The molecule has 0 spiro atoms. The number of imidazole rings is 1. The highest BCUT2D eigenvalue weighted by Crippen LogP contribution is 2.38. The van der Waals surface area contributed by atoms with Gasteiger partial charge in [-0.15, -0.1) is 0 Å². The molecule has 1 saturated heterocycles. The number of hydrogen-bond acceptors (Lipinski definition) is 7. The first-order valence-electron chi connectivity index (χ1n) is 14.6. The number of carbonyl (C=O) groups excluding carboxylic acids is 1. The minimum absolute atomic E-state index is 0.0159. The number of amides is 1. The van der Waals surface area contributed by atoms with E-state index >= 15 is 0 Å². The molecular weight excluding hydrogens is 602 g/mol. The van der Waals surface area contributed by atoms with Crippen molar-refractivity contribution in [3.63, 3.8) is 0 Å². The van der Waals surface area contributed by atoms with E-state index in [4.69, 9.17) is 32.9 Å². The summed E-state index contributed by atoms with van der Waals surface area (Å²) in [6.07, 6.45) is 4.72. The highest BCUT2D eigenvalue weighted by Gasteiger charge is 2.36. The summed E-state index contributed by atoms with van der Waals surface area (Å²) in [6, 6.07) is 8.48. The van der Waals surface area contributed by atoms with Gasteiger partial charge in [0.25, 0.3) is 5.91 Å². The van der Waals surface area contributed by atoms with E-state index in [9.17, 15) is 13.6 Å². The van der Waals surface area contributed by atoms with Gasteiger partial charge in [0.1, 0.15) is 23.5 Å². The SMILES string of the molecule is [C-]#[N+]C[C@H]1CN(c2nc(OCCc3nccn3C)nc3c2CCN(c2cccc4ccc(F)c(Cl)c24)C3)CCN1C(=O)C(=C)F. The molecule has 1 amide bonds. The number of carbonyl (C=O) groups is 1. The number of aryl methyl sites for hydroxylation is 1. The van der Waals surface area contributed by atoms with Crippen molar-refractivity contribution in [3.05, 3.63) is 94.5 Å². The average Bonchev–Trinajstić information content (AvgIpc) is 3.45. The van der Waals surface area contributed by atoms with Crippen LogP contribution >= 0.6 is 11.6 Å². The van der Waals surface area contributed by atoms with E-state index in [1.54, 1.807) is 12.3 Å². The lowest BCUT2D eigenvalue weighted by molar-refractivity contribution is -0.131. The van der Waals surface area contributed by atoms with Crippen LogP contribution in [0, 0.1) is 12.4 Å². The molecule has 45 heavy (non-hydrogen) atoms. The van der Waals surface area contributed by atoms with E-state index in [-0.39, 0.29) is 24.1 Å². The van der Waals surface area contributed by atoms with Crippen molar-refractivity contribution in [3.8, 4) is 6.01 Å². The lowest BCUT2D eigenvalue weighted by atomic mass is 10.0. The molecule has 2 aromatic heterocycles. The fourth-order valence-electron chi connectivity index (χ4n) is 6.08. The van der Waals surface area contributed by atoms with Gasteiger partial charge in [-0.3, -0.25) is 4.79 Å². The van der Waals surface area contributed by atoms with Gasteiger partial charge in [-0.25, -0.2) is 20.3 Å². The van der Waals surface area contributed by atoms with E-state index < -0.39 is 23.6 Å². The molecule has 232 valence electrons. The maximum atomic E-state index is 14.5. The number of aromatic nitrogens is 4. The van der Waals surface area contributed by atoms with E-state index in [0.717, 1.165) is 28.2 Å². The summed E-state index contributed by atoms with van der Waals surface area (Å²) >= 11 is 6.47. The smallest absolute Gasteiger partial charge is 0.318 e. The second-order valence-electron chi connectivity index (χ2n) is 11.1. The van der Waals surface area contributed by atoms with Crippen LogP contribution in [0.3, 0.4) is 0 Å². The van der Waals surface area contributed by atoms with Crippen molar-refractivity contribution < 1.29 is 18.3 Å². The van der Waals surface area contributed by atoms with E-state index in [1.165, 1.54) is 11.0 Å². The summed E-state index contributed by atoms with van der Waals surface area (Å²) in [6.45, 7) is 12.8. The molecule has 13 heteroatoms. The molecule has 6 rings (SSSR count). The molecule has 10 nitrogen and oxygen atoms in total. The molecule has 2 aliphatic rings. The number of fused-ring (bicyclic) bond motifs is 2. The molecule has 0 unspecified atom stereocenters. The average molecular weight is 633 g/mol. The van der Waals surface area contributed by atoms with Gasteiger partial charge in [-0.05, 0) is 23.9 Å². The van der Waals surface area contributed by atoms with Crippen LogP contribution in [0.5, 0.6) is 6.01 Å². The van der Waals surface area contributed by atoms with E-state index in [0.29, 0.717) is 56.8 Å². The van der Waals surface area contributed by atoms with E-state index in [2.05, 4.69) is 21.3 Å². The summed E-state index contributed by atoms with van der Waals surface area (Å²) in [5.74, 6) is -0.807. The third-order valence-corrected chi connectivity index (χ3v) is 8.70. The Morgan fingerprint density at radius 3 is 2.80 bits per heavy atom. The lowest BCUT2D eigenvalue weighted by Crippen LogP contribution is -2.57. The minimum atomic E-state index is -1.05. The standard InChI is InChI=1S/C32H31ClF2N8O2/c1-20(34)31(44)43-15-14-42(18-22(43)17-36-2)30-23-9-12-41(26-6-4-5-21-7-8-24(35)29(33)28(21)26)19-25(23)38-32(39-30)45-16-10-27-37-11-13-40(27)3/h4-8,11,13,22H,1,9-10,12,14-19H2,3H3/t22-/m0/s1. The first kappa shape index (κ1) is 30.3. The Kier molecular flexibility index (Phi) is 8.54. The van der Waals surface area contributed by atoms with Gasteiger partial charge in [-0.2, -0.15) is 9.97 Å². The zero-order chi connectivity index (χ0) is 31.7. The first-order valence-corrected chi connectivity index (χ1v) is 15.0. The van der Waals surface area contributed by atoms with Gasteiger partial charge in [0.2, 0.25) is 6.54 Å². The largest absolute Gasteiger partial charge is 0.463 e. The van der Waals surface area contributed by atoms with Crippen LogP contribution < -0.4 is 14.5 Å². The quantitative estimate of drug-likeness (QED) is 0.205. The second-order valence-corrected chi connectivity index (χ2v) is 11.4. The first-order chi connectivity index (χ1) is 21.7. The molecule has 1 atom stereocenters. The van der Waals surface area contributed by atoms with Crippen LogP contribution in [0.2, 0.25) is 5.02 Å². The Morgan fingerprint density at radius 2 is 2.04 bits per heavy atom. The molecule has 0 N–H and O–H groups in total. The van der Waals surface area contributed by atoms with Gasteiger partial charge in [0.05, 0.1) is 23.9 Å². The van der Waals surface area contributed by atoms with Crippen molar-refractivity contribution in [2.24, 2.45) is 7.05 Å². The number of rotatable bonds is 8. The summed E-state index contributed by atoms with van der Waals surface area (Å²) in [7, 11) is 1.91. The van der Waals surface area contributed by atoms with Gasteiger partial charge in [-0.1, -0.05) is 36.4 Å². The lowest BCUT2D eigenvalue weighted by Gasteiger charge is -2.41. The van der Waals surface area contributed by atoms with Gasteiger partial charge < -0.3 is 28.8 Å². The predicted molar refractivity (Wildman–Crippen MR) is 168 cm³/mol. The summed E-state index contributed by atoms with van der Waals surface area (Å²) in [4.78, 5) is 35.5. The maximum absolute atomic E-state index is 14.5. The number of nitrogens with zero attached hydrogens (tertiary/aromatic N) is 8. The number of anilines is 2. The monoisotopic (exact) mass is 632 g/mol. The van der Waals surface area contributed by atoms with E-state index in [1.807, 2.05) is 40.9 Å². The molecule has 0 bridgehead atoms. The van der Waals surface area contributed by atoms with Crippen molar-refractivity contribution in [2.45, 2.75) is 25.4 Å². The Morgan fingerprint density at radius 1 is 1.20 bits per heavy atom. The Labute approximate surface area is 264 Å². The van der Waals surface area contributed by atoms with Crippen LogP contribution in [-0.4, -0.2) is 75.7 Å². The molecule has 0 aliphatic carbocycles. The van der Waals surface area contributed by atoms with Crippen molar-refractivity contribution in [1.29, 1.82) is 0 Å². The van der Waals surface area contributed by atoms with Gasteiger partial charge in [0, 0.05) is 68.7 Å². The topological polar surface area (TPSA) is 84.0 Å². The number of benzene rings is 2. The predicted octanol–water partition coefficient (Wildman–Crippen LogP) is 4.76. The third-order valence-electron chi connectivity index (χ3n) is 8.33. The highest BCUT2D eigenvalue weighted by atomic mass is 35.5. The van der Waals surface area contributed by atoms with Crippen molar-refractivity contribution in [2.75, 3.05) is 49.1 Å². The Hall–Kier alpha value is -4.76. The second kappa shape index (κ2) is 12.7. The number of halogens is 3. The number of hydrogen-bond donors (Lipinski definition) is 0. The van der Waals surface area contributed by atoms with Gasteiger partial charge in [0.15, 0.2) is 5.83 Å². The van der Waals surface area contributed by atoms with Gasteiger partial charge >= 0.3 is 6.01 Å². The number of ether oxygens (including phenoxy) is 1. The molecule has 2 aliphatic heterocycles. The molecule has 0 radical (unpaired) electrons. The fourth-order valence-corrected chi connectivity index (χ4v) is 6.35. The molecule has 4 aromatic rings.